The second-order valence-corrected chi connectivity index (χ2v) is 20.1. The van der Waals surface area contributed by atoms with Crippen LogP contribution >= 0.6 is 0 Å². The molecule has 0 saturated heterocycles. The number of hydrogen-bond donors (Lipinski definition) is 0. The lowest BCUT2D eigenvalue weighted by molar-refractivity contribution is 0.669. The highest BCUT2D eigenvalue weighted by atomic mass is 28.3. The van der Waals surface area contributed by atoms with Crippen molar-refractivity contribution in [3.05, 3.63) is 249 Å². The Morgan fingerprint density at radius 2 is 0.730 bits per heavy atom. The van der Waals surface area contributed by atoms with Gasteiger partial charge in [-0.05, 0) is 114 Å². The Morgan fingerprint density at radius 3 is 1.33 bits per heavy atom. The van der Waals surface area contributed by atoms with Crippen LogP contribution in [-0.2, 0) is 0 Å². The zero-order chi connectivity index (χ0) is 41.7. The molecule has 0 amide bonds. The third-order valence-electron chi connectivity index (χ3n) is 13.0. The molecular formula is C60H41NOSi. The largest absolute Gasteiger partial charge is 0.456 e. The molecular weight excluding hydrogens is 779 g/mol. The minimum Gasteiger partial charge on any atom is -0.456 e. The van der Waals surface area contributed by atoms with E-state index in [1.807, 2.05) is 0 Å². The molecule has 0 N–H and O–H groups in total. The van der Waals surface area contributed by atoms with Crippen molar-refractivity contribution in [3.63, 3.8) is 0 Å². The molecule has 0 atom stereocenters. The number of anilines is 3. The molecule has 296 valence electrons. The SMILES string of the molecule is c1ccc(-c2ccccc2-c2ccc(N(c3ccccc3)c3ccc(-c4cccc5oc6ccc7c(c6c45)-c4ccccc4[Si]7(c4ccccc4)c4ccccc4)cc3)cc2)cc1. The van der Waals surface area contributed by atoms with Crippen LogP contribution in [0, 0.1) is 0 Å². The van der Waals surface area contributed by atoms with Crippen LogP contribution in [0.25, 0.3) is 66.4 Å². The summed E-state index contributed by atoms with van der Waals surface area (Å²) in [5.74, 6) is 0. The van der Waals surface area contributed by atoms with Gasteiger partial charge in [0.25, 0.3) is 0 Å². The first-order chi connectivity index (χ1) is 31.3. The number of nitrogens with zero attached hydrogens (tertiary/aromatic N) is 1. The van der Waals surface area contributed by atoms with Crippen LogP contribution in [0.3, 0.4) is 0 Å². The molecule has 2 nitrogen and oxygen atoms in total. The van der Waals surface area contributed by atoms with Gasteiger partial charge in [-0.2, -0.15) is 0 Å². The van der Waals surface area contributed by atoms with Crippen molar-refractivity contribution >= 4 is 67.8 Å². The lowest BCUT2D eigenvalue weighted by Crippen LogP contribution is -2.72. The lowest BCUT2D eigenvalue weighted by atomic mass is 9.94. The van der Waals surface area contributed by atoms with E-state index in [9.17, 15) is 0 Å². The van der Waals surface area contributed by atoms with Gasteiger partial charge in [0.2, 0.25) is 0 Å². The Morgan fingerprint density at radius 1 is 0.286 bits per heavy atom. The maximum Gasteiger partial charge on any atom is 0.180 e. The van der Waals surface area contributed by atoms with Crippen molar-refractivity contribution < 1.29 is 4.42 Å². The summed E-state index contributed by atoms with van der Waals surface area (Å²) in [6.45, 7) is 0. The normalized spacial score (nSPS) is 12.6. The highest BCUT2D eigenvalue weighted by Crippen LogP contribution is 2.44. The van der Waals surface area contributed by atoms with Crippen LogP contribution in [0.5, 0.6) is 0 Å². The molecule has 0 saturated carbocycles. The third-order valence-corrected chi connectivity index (χ3v) is 17.8. The number of benzene rings is 10. The first kappa shape index (κ1) is 36.8. The summed E-state index contributed by atoms with van der Waals surface area (Å²) in [5, 5.41) is 7.96. The van der Waals surface area contributed by atoms with Crippen molar-refractivity contribution in [2.45, 2.75) is 0 Å². The summed E-state index contributed by atoms with van der Waals surface area (Å²) in [4.78, 5) is 2.34. The Hall–Kier alpha value is -7.98. The zero-order valence-electron chi connectivity index (χ0n) is 34.5. The Bertz CT molecular complexity index is 3380. The average Bonchev–Trinajstić information content (AvgIpc) is 3.90. The van der Waals surface area contributed by atoms with Gasteiger partial charge in [0, 0.05) is 27.8 Å². The van der Waals surface area contributed by atoms with Crippen molar-refractivity contribution in [1.29, 1.82) is 0 Å². The molecule has 3 heteroatoms. The number of furan rings is 1. The Balaban J connectivity index is 0.990. The minimum absolute atomic E-state index is 0.899. The topological polar surface area (TPSA) is 16.4 Å². The number of para-hydroxylation sites is 1. The van der Waals surface area contributed by atoms with Gasteiger partial charge in [-0.25, -0.2) is 0 Å². The predicted octanol–water partition coefficient (Wildman–Crippen LogP) is 13.4. The average molecular weight is 820 g/mol. The molecule has 10 aromatic carbocycles. The van der Waals surface area contributed by atoms with E-state index in [2.05, 4.69) is 254 Å². The number of fused-ring (bicyclic) bond motifs is 7. The predicted molar refractivity (Wildman–Crippen MR) is 267 cm³/mol. The Kier molecular flexibility index (Phi) is 8.87. The zero-order valence-corrected chi connectivity index (χ0v) is 35.5. The van der Waals surface area contributed by atoms with Gasteiger partial charge >= 0.3 is 0 Å². The van der Waals surface area contributed by atoms with Crippen LogP contribution < -0.4 is 25.6 Å². The fourth-order valence-electron chi connectivity index (χ4n) is 10.3. The summed E-state index contributed by atoms with van der Waals surface area (Å²) >= 11 is 0. The molecule has 1 aromatic heterocycles. The summed E-state index contributed by atoms with van der Waals surface area (Å²) in [6, 6.07) is 90.6. The van der Waals surface area contributed by atoms with E-state index in [1.165, 1.54) is 59.5 Å². The summed E-state index contributed by atoms with van der Waals surface area (Å²) in [5.41, 5.74) is 14.8. The third kappa shape index (κ3) is 5.93. The molecule has 0 aliphatic carbocycles. The second-order valence-electron chi connectivity index (χ2n) is 16.3. The number of rotatable bonds is 8. The molecule has 12 rings (SSSR count). The molecule has 1 aliphatic heterocycles. The standard InChI is InChI=1S/C60H41NOSi/c1-5-18-42(19-6-1)50-26-13-14-27-51(50)43-32-36-46(37-33-43)61(45-20-7-2-8-21-45)47-38-34-44(35-39-47)52-29-17-30-54-58(52)60-55(62-54)40-41-57-59(60)53-28-15-16-31-56(53)63(57,48-22-9-3-10-23-48)49-24-11-4-12-25-49/h1-41H. The molecule has 0 bridgehead atoms. The van der Waals surface area contributed by atoms with Gasteiger partial charge in [0.1, 0.15) is 11.2 Å². The van der Waals surface area contributed by atoms with Crippen LogP contribution in [0.15, 0.2) is 253 Å². The molecule has 0 radical (unpaired) electrons. The summed E-state index contributed by atoms with van der Waals surface area (Å²) in [6.07, 6.45) is 0. The van der Waals surface area contributed by atoms with E-state index >= 15 is 0 Å². The second kappa shape index (κ2) is 15.2. The van der Waals surface area contributed by atoms with Gasteiger partial charge in [-0.1, -0.05) is 200 Å². The maximum atomic E-state index is 6.79. The van der Waals surface area contributed by atoms with Crippen molar-refractivity contribution in [2.75, 3.05) is 4.90 Å². The highest BCUT2D eigenvalue weighted by Gasteiger charge is 2.49. The molecule has 63 heavy (non-hydrogen) atoms. The van der Waals surface area contributed by atoms with Crippen LogP contribution in [0.4, 0.5) is 17.1 Å². The number of hydrogen-bond acceptors (Lipinski definition) is 2. The molecule has 0 fully saturated rings. The monoisotopic (exact) mass is 819 g/mol. The van der Waals surface area contributed by atoms with E-state index < -0.39 is 8.07 Å². The lowest BCUT2D eigenvalue weighted by Gasteiger charge is -2.31. The first-order valence-electron chi connectivity index (χ1n) is 21.7. The van der Waals surface area contributed by atoms with Crippen molar-refractivity contribution in [3.8, 4) is 44.5 Å². The van der Waals surface area contributed by atoms with E-state index in [1.54, 1.807) is 0 Å². The summed E-state index contributed by atoms with van der Waals surface area (Å²) < 4.78 is 6.79. The minimum atomic E-state index is -2.67. The van der Waals surface area contributed by atoms with Gasteiger partial charge in [0.15, 0.2) is 8.07 Å². The van der Waals surface area contributed by atoms with E-state index in [4.69, 9.17) is 4.42 Å². The molecule has 0 unspecified atom stereocenters. The Labute approximate surface area is 368 Å². The van der Waals surface area contributed by atoms with Gasteiger partial charge in [-0.15, -0.1) is 0 Å². The van der Waals surface area contributed by atoms with Crippen molar-refractivity contribution in [2.24, 2.45) is 0 Å². The quantitative estimate of drug-likeness (QED) is 0.142. The molecule has 1 aliphatic rings. The van der Waals surface area contributed by atoms with Crippen LogP contribution in [0.1, 0.15) is 0 Å². The first-order valence-corrected chi connectivity index (χ1v) is 23.7. The molecule has 11 aromatic rings. The van der Waals surface area contributed by atoms with Gasteiger partial charge < -0.3 is 9.32 Å². The fourth-order valence-corrected chi connectivity index (χ4v) is 15.5. The fraction of sp³-hybridized carbons (Fsp3) is 0. The van der Waals surface area contributed by atoms with Gasteiger partial charge in [0.05, 0.1) is 0 Å². The highest BCUT2D eigenvalue weighted by molar-refractivity contribution is 7.22. The van der Waals surface area contributed by atoms with E-state index in [-0.39, 0.29) is 0 Å². The molecule has 0 spiro atoms. The van der Waals surface area contributed by atoms with Crippen molar-refractivity contribution in [1.82, 2.24) is 0 Å². The smallest absolute Gasteiger partial charge is 0.180 e. The van der Waals surface area contributed by atoms with Gasteiger partial charge in [-0.3, -0.25) is 0 Å². The van der Waals surface area contributed by atoms with Crippen LogP contribution in [-0.4, -0.2) is 8.07 Å². The van der Waals surface area contributed by atoms with Crippen LogP contribution in [0.2, 0.25) is 0 Å². The van der Waals surface area contributed by atoms with E-state index in [0.717, 1.165) is 44.7 Å². The molecule has 2 heterocycles. The maximum absolute atomic E-state index is 6.79. The summed E-state index contributed by atoms with van der Waals surface area (Å²) in [7, 11) is -2.67. The van der Waals surface area contributed by atoms with E-state index in [0.29, 0.717) is 0 Å².